The lowest BCUT2D eigenvalue weighted by atomic mass is 9.78. The number of nitrogens with one attached hydrogen (secondary N) is 1. The SMILES string of the molecule is CC(C)(CO)[C@H](c1c(F)cccc1C(F)(F)F)N1CCNCC1.Cl. The number of hydrogen-bond acceptors (Lipinski definition) is 3. The van der Waals surface area contributed by atoms with Gasteiger partial charge in [-0.05, 0) is 12.1 Å². The van der Waals surface area contributed by atoms with Crippen molar-refractivity contribution in [2.45, 2.75) is 26.1 Å². The van der Waals surface area contributed by atoms with Crippen molar-refractivity contribution in [2.24, 2.45) is 5.41 Å². The highest BCUT2D eigenvalue weighted by atomic mass is 35.5. The highest BCUT2D eigenvalue weighted by Gasteiger charge is 2.43. The molecule has 0 unspecified atom stereocenters. The number of hydrogen-bond donors (Lipinski definition) is 2. The summed E-state index contributed by atoms with van der Waals surface area (Å²) >= 11 is 0. The maximum Gasteiger partial charge on any atom is 0.416 e. The van der Waals surface area contributed by atoms with Crippen LogP contribution in [0.2, 0.25) is 0 Å². The molecule has 1 atom stereocenters. The molecule has 0 saturated carbocycles. The van der Waals surface area contributed by atoms with Crippen molar-refractivity contribution in [3.8, 4) is 0 Å². The molecule has 0 radical (unpaired) electrons. The summed E-state index contributed by atoms with van der Waals surface area (Å²) in [5, 5.41) is 12.8. The number of alkyl halides is 3. The summed E-state index contributed by atoms with van der Waals surface area (Å²) in [6, 6.07) is 2.17. The van der Waals surface area contributed by atoms with E-state index in [1.165, 1.54) is 0 Å². The van der Waals surface area contributed by atoms with Crippen molar-refractivity contribution in [3.63, 3.8) is 0 Å². The summed E-state index contributed by atoms with van der Waals surface area (Å²) in [4.78, 5) is 1.82. The van der Waals surface area contributed by atoms with Crippen LogP contribution < -0.4 is 5.32 Å². The normalized spacial score (nSPS) is 18.1. The van der Waals surface area contributed by atoms with Gasteiger partial charge in [0.25, 0.3) is 0 Å². The van der Waals surface area contributed by atoms with Crippen molar-refractivity contribution in [1.29, 1.82) is 0 Å². The van der Waals surface area contributed by atoms with Crippen molar-refractivity contribution in [3.05, 3.63) is 35.1 Å². The van der Waals surface area contributed by atoms with Crippen LogP contribution in [0.3, 0.4) is 0 Å². The second kappa shape index (κ2) is 7.99. The van der Waals surface area contributed by atoms with Gasteiger partial charge >= 0.3 is 6.18 Å². The first kappa shape index (κ1) is 21.2. The first-order valence-electron chi connectivity index (χ1n) is 7.59. The van der Waals surface area contributed by atoms with E-state index in [4.69, 9.17) is 0 Å². The van der Waals surface area contributed by atoms with Crippen LogP contribution in [0.4, 0.5) is 17.6 Å². The average Bonchev–Trinajstić information content (AvgIpc) is 2.49. The molecular weight excluding hydrogens is 348 g/mol. The molecule has 0 aromatic heterocycles. The molecule has 0 amide bonds. The fourth-order valence-corrected chi connectivity index (χ4v) is 3.16. The van der Waals surface area contributed by atoms with Gasteiger partial charge < -0.3 is 10.4 Å². The molecule has 2 rings (SSSR count). The van der Waals surface area contributed by atoms with E-state index in [-0.39, 0.29) is 24.6 Å². The van der Waals surface area contributed by atoms with E-state index < -0.39 is 29.0 Å². The summed E-state index contributed by atoms with van der Waals surface area (Å²) in [5.41, 5.74) is -2.26. The van der Waals surface area contributed by atoms with E-state index in [0.717, 1.165) is 18.2 Å². The Hall–Kier alpha value is -0.890. The number of aliphatic hydroxyl groups excluding tert-OH is 1. The smallest absolute Gasteiger partial charge is 0.396 e. The number of halogens is 5. The van der Waals surface area contributed by atoms with Gasteiger partial charge in [-0.2, -0.15) is 13.2 Å². The highest BCUT2D eigenvalue weighted by Crippen LogP contribution is 2.44. The fourth-order valence-electron chi connectivity index (χ4n) is 3.16. The van der Waals surface area contributed by atoms with Crippen molar-refractivity contribution in [2.75, 3.05) is 32.8 Å². The third kappa shape index (κ3) is 4.39. The van der Waals surface area contributed by atoms with Crippen molar-refractivity contribution < 1.29 is 22.7 Å². The standard InChI is InChI=1S/C16H22F4N2O.ClH/c1-15(2,10-23)14(22-8-6-21-7-9-22)13-11(16(18,19)20)4-3-5-12(13)17;/h3-5,14,21,23H,6-10H2,1-2H3;1H/t14-;/m0./s1. The molecule has 1 aromatic rings. The third-order valence-corrected chi connectivity index (χ3v) is 4.30. The van der Waals surface area contributed by atoms with Gasteiger partial charge in [-0.3, -0.25) is 4.90 Å². The van der Waals surface area contributed by atoms with Gasteiger partial charge in [-0.15, -0.1) is 12.4 Å². The molecule has 0 aliphatic carbocycles. The van der Waals surface area contributed by atoms with Gasteiger partial charge in [0.2, 0.25) is 0 Å². The van der Waals surface area contributed by atoms with Crippen LogP contribution in [0, 0.1) is 11.2 Å². The summed E-state index contributed by atoms with van der Waals surface area (Å²) in [6.07, 6.45) is -4.64. The average molecular weight is 371 g/mol. The molecule has 0 spiro atoms. The van der Waals surface area contributed by atoms with Crippen LogP contribution in [0.5, 0.6) is 0 Å². The van der Waals surface area contributed by atoms with Crippen LogP contribution in [0.1, 0.15) is 31.0 Å². The largest absolute Gasteiger partial charge is 0.416 e. The number of benzene rings is 1. The molecule has 24 heavy (non-hydrogen) atoms. The topological polar surface area (TPSA) is 35.5 Å². The Kier molecular flexibility index (Phi) is 7.04. The molecular formula is C16H23ClF4N2O. The highest BCUT2D eigenvalue weighted by molar-refractivity contribution is 5.85. The molecule has 3 nitrogen and oxygen atoms in total. The van der Waals surface area contributed by atoms with E-state index in [1.807, 2.05) is 4.90 Å². The fraction of sp³-hybridized carbons (Fsp3) is 0.625. The number of aliphatic hydroxyl groups is 1. The Morgan fingerprint density at radius 2 is 1.79 bits per heavy atom. The molecule has 8 heteroatoms. The minimum Gasteiger partial charge on any atom is -0.396 e. The van der Waals surface area contributed by atoms with Gasteiger partial charge in [0.15, 0.2) is 0 Å². The molecule has 1 aliphatic rings. The molecule has 1 heterocycles. The quantitative estimate of drug-likeness (QED) is 0.799. The van der Waals surface area contributed by atoms with E-state index in [2.05, 4.69) is 5.32 Å². The maximum absolute atomic E-state index is 14.4. The lowest BCUT2D eigenvalue weighted by Gasteiger charge is -2.44. The van der Waals surface area contributed by atoms with Gasteiger partial charge in [-0.25, -0.2) is 4.39 Å². The zero-order chi connectivity index (χ0) is 17.3. The Labute approximate surface area is 145 Å². The minimum absolute atomic E-state index is 0. The summed E-state index contributed by atoms with van der Waals surface area (Å²) in [6.45, 7) is 5.22. The van der Waals surface area contributed by atoms with Gasteiger partial charge in [-0.1, -0.05) is 19.9 Å². The number of nitrogens with zero attached hydrogens (tertiary/aromatic N) is 1. The van der Waals surface area contributed by atoms with E-state index in [9.17, 15) is 22.7 Å². The van der Waals surface area contributed by atoms with Gasteiger partial charge in [0.05, 0.1) is 5.56 Å². The summed E-state index contributed by atoms with van der Waals surface area (Å²) < 4.78 is 54.6. The van der Waals surface area contributed by atoms with Crippen molar-refractivity contribution in [1.82, 2.24) is 10.2 Å². The van der Waals surface area contributed by atoms with Gasteiger partial charge in [0.1, 0.15) is 5.82 Å². The monoisotopic (exact) mass is 370 g/mol. The van der Waals surface area contributed by atoms with Crippen LogP contribution in [0.15, 0.2) is 18.2 Å². The molecule has 2 N–H and O–H groups in total. The molecule has 1 aromatic carbocycles. The van der Waals surface area contributed by atoms with Crippen LogP contribution in [0.25, 0.3) is 0 Å². The maximum atomic E-state index is 14.4. The third-order valence-electron chi connectivity index (χ3n) is 4.30. The lowest BCUT2D eigenvalue weighted by molar-refractivity contribution is -0.139. The molecule has 1 saturated heterocycles. The predicted molar refractivity (Wildman–Crippen MR) is 86.7 cm³/mol. The number of piperazine rings is 1. The summed E-state index contributed by atoms with van der Waals surface area (Å²) in [5.74, 6) is -0.884. The molecule has 1 aliphatic heterocycles. The van der Waals surface area contributed by atoms with E-state index in [1.54, 1.807) is 13.8 Å². The Balaban J connectivity index is 0.00000288. The Morgan fingerprint density at radius 1 is 1.21 bits per heavy atom. The van der Waals surface area contributed by atoms with E-state index in [0.29, 0.717) is 26.2 Å². The first-order valence-corrected chi connectivity index (χ1v) is 7.59. The van der Waals surface area contributed by atoms with Crippen molar-refractivity contribution >= 4 is 12.4 Å². The number of rotatable bonds is 4. The zero-order valence-electron chi connectivity index (χ0n) is 13.7. The Morgan fingerprint density at radius 3 is 2.29 bits per heavy atom. The van der Waals surface area contributed by atoms with E-state index >= 15 is 0 Å². The van der Waals surface area contributed by atoms with Crippen LogP contribution in [-0.4, -0.2) is 42.8 Å². The second-order valence-electron chi connectivity index (χ2n) is 6.53. The molecule has 0 bridgehead atoms. The lowest BCUT2D eigenvalue weighted by Crippen LogP contribution is -2.50. The first-order chi connectivity index (χ1) is 10.7. The minimum atomic E-state index is -4.64. The molecule has 138 valence electrons. The van der Waals surface area contributed by atoms with Crippen LogP contribution >= 0.6 is 12.4 Å². The van der Waals surface area contributed by atoms with Crippen LogP contribution in [-0.2, 0) is 6.18 Å². The second-order valence-corrected chi connectivity index (χ2v) is 6.53. The van der Waals surface area contributed by atoms with Gasteiger partial charge in [0, 0.05) is 49.8 Å². The zero-order valence-corrected chi connectivity index (χ0v) is 14.5. The predicted octanol–water partition coefficient (Wildman–Crippen LogP) is 3.23. The Bertz CT molecular complexity index is 545. The molecule has 1 fully saturated rings. The summed E-state index contributed by atoms with van der Waals surface area (Å²) in [7, 11) is 0.